The number of carbonyl (C=O) groups excluding carboxylic acids is 1. The molecular weight excluding hydrogens is 230 g/mol. The first-order chi connectivity index (χ1) is 8.61. The van der Waals surface area contributed by atoms with Crippen molar-refractivity contribution in [2.75, 3.05) is 53.0 Å². The first-order valence-electron chi connectivity index (χ1n) is 6.87. The maximum Gasteiger partial charge on any atom is 0.236 e. The summed E-state index contributed by atoms with van der Waals surface area (Å²) < 4.78 is 5.22. The predicted octanol–water partition coefficient (Wildman–Crippen LogP) is 0.165. The smallest absolute Gasteiger partial charge is 0.236 e. The van der Waals surface area contributed by atoms with Gasteiger partial charge in [-0.2, -0.15) is 0 Å². The van der Waals surface area contributed by atoms with E-state index < -0.39 is 0 Å². The van der Waals surface area contributed by atoms with E-state index in [9.17, 15) is 4.79 Å². The number of amides is 1. The van der Waals surface area contributed by atoms with Crippen LogP contribution in [0.4, 0.5) is 0 Å². The lowest BCUT2D eigenvalue weighted by molar-refractivity contribution is -0.134. The van der Waals surface area contributed by atoms with E-state index in [-0.39, 0.29) is 5.91 Å². The first kappa shape index (κ1) is 15.4. The van der Waals surface area contributed by atoms with Crippen LogP contribution in [-0.4, -0.2) is 74.7 Å². The molecule has 5 heteroatoms. The van der Waals surface area contributed by atoms with Crippen LogP contribution in [0.25, 0.3) is 0 Å². The summed E-state index contributed by atoms with van der Waals surface area (Å²) in [4.78, 5) is 16.0. The van der Waals surface area contributed by atoms with Crippen LogP contribution < -0.4 is 5.32 Å². The van der Waals surface area contributed by atoms with Crippen LogP contribution in [0.5, 0.6) is 0 Å². The summed E-state index contributed by atoms with van der Waals surface area (Å²) in [5.74, 6) is 0.190. The highest BCUT2D eigenvalue weighted by Crippen LogP contribution is 1.97. The van der Waals surface area contributed by atoms with E-state index in [0.717, 1.165) is 32.6 Å². The van der Waals surface area contributed by atoms with Gasteiger partial charge in [0.05, 0.1) is 19.8 Å². The SMILES string of the molecule is CC(C)N(C)CCCNCC(=O)N1CCOCC1. The lowest BCUT2D eigenvalue weighted by atomic mass is 10.3. The molecule has 0 aromatic carbocycles. The van der Waals surface area contributed by atoms with Crippen LogP contribution in [0.1, 0.15) is 20.3 Å². The van der Waals surface area contributed by atoms with Gasteiger partial charge in [-0.1, -0.05) is 0 Å². The van der Waals surface area contributed by atoms with Crippen LogP contribution in [0, 0.1) is 0 Å². The monoisotopic (exact) mass is 257 g/mol. The molecule has 1 fully saturated rings. The van der Waals surface area contributed by atoms with Crippen molar-refractivity contribution in [3.63, 3.8) is 0 Å². The van der Waals surface area contributed by atoms with Crippen LogP contribution in [0.15, 0.2) is 0 Å². The second-order valence-corrected chi connectivity index (χ2v) is 5.10. The molecule has 106 valence electrons. The summed E-state index contributed by atoms with van der Waals surface area (Å²) in [5, 5.41) is 3.22. The zero-order valence-electron chi connectivity index (χ0n) is 11.9. The van der Waals surface area contributed by atoms with Gasteiger partial charge in [0.15, 0.2) is 0 Å². The van der Waals surface area contributed by atoms with Gasteiger partial charge in [0.1, 0.15) is 0 Å². The number of hydrogen-bond donors (Lipinski definition) is 1. The molecule has 0 bridgehead atoms. The Balaban J connectivity index is 2.01. The van der Waals surface area contributed by atoms with Crippen molar-refractivity contribution in [3.05, 3.63) is 0 Å². The lowest BCUT2D eigenvalue weighted by Gasteiger charge is -2.27. The first-order valence-corrected chi connectivity index (χ1v) is 6.87. The molecule has 0 aliphatic carbocycles. The van der Waals surface area contributed by atoms with Gasteiger partial charge >= 0.3 is 0 Å². The molecule has 1 aliphatic heterocycles. The summed E-state index contributed by atoms with van der Waals surface area (Å²) in [7, 11) is 2.13. The van der Waals surface area contributed by atoms with Gasteiger partial charge in [0.2, 0.25) is 5.91 Å². The quantitative estimate of drug-likeness (QED) is 0.660. The number of hydrogen-bond acceptors (Lipinski definition) is 4. The van der Waals surface area contributed by atoms with Crippen LogP contribution in [0.3, 0.4) is 0 Å². The van der Waals surface area contributed by atoms with Crippen molar-refractivity contribution >= 4 is 5.91 Å². The Labute approximate surface area is 110 Å². The summed E-state index contributed by atoms with van der Waals surface area (Å²) >= 11 is 0. The van der Waals surface area contributed by atoms with Crippen LogP contribution >= 0.6 is 0 Å². The fourth-order valence-electron chi connectivity index (χ4n) is 1.83. The Hall–Kier alpha value is -0.650. The van der Waals surface area contributed by atoms with E-state index in [1.807, 2.05) is 4.90 Å². The molecule has 0 aromatic heterocycles. The van der Waals surface area contributed by atoms with Crippen molar-refractivity contribution in [2.24, 2.45) is 0 Å². The van der Waals surface area contributed by atoms with E-state index in [4.69, 9.17) is 4.74 Å². The summed E-state index contributed by atoms with van der Waals surface area (Å²) in [5.41, 5.74) is 0. The average Bonchev–Trinajstić information content (AvgIpc) is 2.38. The zero-order valence-corrected chi connectivity index (χ0v) is 11.9. The van der Waals surface area contributed by atoms with Crippen LogP contribution in [0.2, 0.25) is 0 Å². The second-order valence-electron chi connectivity index (χ2n) is 5.10. The maximum absolute atomic E-state index is 11.8. The molecule has 0 atom stereocenters. The molecule has 1 amide bonds. The molecule has 0 aromatic rings. The third-order valence-corrected chi connectivity index (χ3v) is 3.39. The van der Waals surface area contributed by atoms with Gasteiger partial charge in [-0.15, -0.1) is 0 Å². The van der Waals surface area contributed by atoms with Gasteiger partial charge < -0.3 is 19.9 Å². The molecule has 0 radical (unpaired) electrons. The third kappa shape index (κ3) is 5.80. The van der Waals surface area contributed by atoms with E-state index in [0.29, 0.717) is 25.8 Å². The number of nitrogens with one attached hydrogen (secondary N) is 1. The Morgan fingerprint density at radius 3 is 2.67 bits per heavy atom. The van der Waals surface area contributed by atoms with E-state index in [1.54, 1.807) is 0 Å². The van der Waals surface area contributed by atoms with Gasteiger partial charge in [-0.3, -0.25) is 4.79 Å². The number of nitrogens with zero attached hydrogens (tertiary/aromatic N) is 2. The minimum absolute atomic E-state index is 0.190. The van der Waals surface area contributed by atoms with Crippen molar-refractivity contribution in [1.82, 2.24) is 15.1 Å². The minimum atomic E-state index is 0.190. The molecule has 0 spiro atoms. The third-order valence-electron chi connectivity index (χ3n) is 3.39. The van der Waals surface area contributed by atoms with E-state index >= 15 is 0 Å². The van der Waals surface area contributed by atoms with Crippen LogP contribution in [-0.2, 0) is 9.53 Å². The molecule has 1 heterocycles. The lowest BCUT2D eigenvalue weighted by Crippen LogP contribution is -2.45. The van der Waals surface area contributed by atoms with Crippen molar-refractivity contribution in [2.45, 2.75) is 26.3 Å². The number of carbonyl (C=O) groups is 1. The number of ether oxygens (including phenoxy) is 1. The average molecular weight is 257 g/mol. The maximum atomic E-state index is 11.8. The fourth-order valence-corrected chi connectivity index (χ4v) is 1.83. The largest absolute Gasteiger partial charge is 0.378 e. The highest BCUT2D eigenvalue weighted by molar-refractivity contribution is 5.78. The molecule has 1 N–H and O–H groups in total. The van der Waals surface area contributed by atoms with Gasteiger partial charge in [-0.05, 0) is 40.4 Å². The van der Waals surface area contributed by atoms with E-state index in [2.05, 4.69) is 31.1 Å². The van der Waals surface area contributed by atoms with E-state index in [1.165, 1.54) is 0 Å². The molecule has 5 nitrogen and oxygen atoms in total. The summed E-state index contributed by atoms with van der Waals surface area (Å²) in [6.07, 6.45) is 1.07. The molecule has 1 rings (SSSR count). The molecule has 18 heavy (non-hydrogen) atoms. The fraction of sp³-hybridized carbons (Fsp3) is 0.923. The number of morpholine rings is 1. The molecule has 1 aliphatic rings. The Morgan fingerprint density at radius 1 is 1.39 bits per heavy atom. The van der Waals surface area contributed by atoms with Crippen molar-refractivity contribution < 1.29 is 9.53 Å². The predicted molar refractivity (Wildman–Crippen MR) is 72.7 cm³/mol. The summed E-state index contributed by atoms with van der Waals surface area (Å²) in [6, 6.07) is 0.583. The number of rotatable bonds is 7. The Kier molecular flexibility index (Phi) is 7.23. The highest BCUT2D eigenvalue weighted by Gasteiger charge is 2.15. The topological polar surface area (TPSA) is 44.8 Å². The molecule has 0 unspecified atom stereocenters. The van der Waals surface area contributed by atoms with Crippen molar-refractivity contribution in [1.29, 1.82) is 0 Å². The summed E-state index contributed by atoms with van der Waals surface area (Å²) in [6.45, 7) is 9.60. The molecule has 1 saturated heterocycles. The normalized spacial score (nSPS) is 16.6. The second kappa shape index (κ2) is 8.45. The Morgan fingerprint density at radius 2 is 2.06 bits per heavy atom. The van der Waals surface area contributed by atoms with Gasteiger partial charge in [0.25, 0.3) is 0 Å². The zero-order chi connectivity index (χ0) is 13.4. The molecular formula is C13H27N3O2. The standard InChI is InChI=1S/C13H27N3O2/c1-12(2)15(3)6-4-5-14-11-13(17)16-7-9-18-10-8-16/h12,14H,4-11H2,1-3H3. The highest BCUT2D eigenvalue weighted by atomic mass is 16.5. The van der Waals surface area contributed by atoms with Gasteiger partial charge in [-0.25, -0.2) is 0 Å². The van der Waals surface area contributed by atoms with Gasteiger partial charge in [0, 0.05) is 19.1 Å². The van der Waals surface area contributed by atoms with Crippen molar-refractivity contribution in [3.8, 4) is 0 Å². The minimum Gasteiger partial charge on any atom is -0.378 e. The molecule has 0 saturated carbocycles. The Bertz CT molecular complexity index is 240.